The van der Waals surface area contributed by atoms with Gasteiger partial charge in [-0.1, -0.05) is 18.2 Å². The highest BCUT2D eigenvalue weighted by Gasteiger charge is 2.13. The fraction of sp³-hybridized carbons (Fsp3) is 0.250. The fourth-order valence-electron chi connectivity index (χ4n) is 1.74. The largest absolute Gasteiger partial charge is 0.493 e. The highest BCUT2D eigenvalue weighted by atomic mass is 16.5. The molecule has 0 fully saturated rings. The van der Waals surface area contributed by atoms with Gasteiger partial charge in [0.1, 0.15) is 5.75 Å². The molecule has 0 spiro atoms. The van der Waals surface area contributed by atoms with E-state index in [0.29, 0.717) is 6.61 Å². The topological polar surface area (TPSA) is 46.5 Å². The molecule has 15 heavy (non-hydrogen) atoms. The number of carboxylic acid groups (broad SMARTS) is 1. The van der Waals surface area contributed by atoms with Crippen molar-refractivity contribution in [3.63, 3.8) is 0 Å². The molecule has 1 aliphatic heterocycles. The lowest BCUT2D eigenvalue weighted by molar-refractivity contribution is -0.131. The van der Waals surface area contributed by atoms with Gasteiger partial charge in [0, 0.05) is 11.6 Å². The number of benzene rings is 1. The van der Waals surface area contributed by atoms with E-state index in [1.165, 1.54) is 6.08 Å². The van der Waals surface area contributed by atoms with Gasteiger partial charge in [-0.2, -0.15) is 0 Å². The lowest BCUT2D eigenvalue weighted by Gasteiger charge is -2.06. The Kier molecular flexibility index (Phi) is 2.72. The van der Waals surface area contributed by atoms with Crippen LogP contribution < -0.4 is 4.74 Å². The van der Waals surface area contributed by atoms with Crippen LogP contribution in [0.25, 0.3) is 5.57 Å². The van der Waals surface area contributed by atoms with E-state index in [0.717, 1.165) is 29.7 Å². The second kappa shape index (κ2) is 4.17. The molecule has 0 saturated heterocycles. The van der Waals surface area contributed by atoms with Crippen LogP contribution in [0, 0.1) is 0 Å². The van der Waals surface area contributed by atoms with E-state index in [-0.39, 0.29) is 0 Å². The average molecular weight is 204 g/mol. The van der Waals surface area contributed by atoms with Crippen LogP contribution in [0.2, 0.25) is 0 Å². The van der Waals surface area contributed by atoms with Gasteiger partial charge in [-0.05, 0) is 24.5 Å². The Morgan fingerprint density at radius 3 is 3.00 bits per heavy atom. The predicted octanol–water partition coefficient (Wildman–Crippen LogP) is 2.33. The number of fused-ring (bicyclic) bond motifs is 1. The Labute approximate surface area is 88.0 Å². The van der Waals surface area contributed by atoms with Gasteiger partial charge < -0.3 is 9.84 Å². The molecular formula is C12H12O3. The second-order valence-electron chi connectivity index (χ2n) is 3.46. The first-order chi connectivity index (χ1) is 7.27. The molecule has 2 rings (SSSR count). The van der Waals surface area contributed by atoms with Crippen LogP contribution in [-0.4, -0.2) is 17.7 Å². The maximum absolute atomic E-state index is 10.7. The van der Waals surface area contributed by atoms with E-state index in [1.54, 1.807) is 0 Å². The van der Waals surface area contributed by atoms with E-state index >= 15 is 0 Å². The van der Waals surface area contributed by atoms with E-state index in [1.807, 2.05) is 24.3 Å². The van der Waals surface area contributed by atoms with Gasteiger partial charge in [-0.3, -0.25) is 0 Å². The number of hydrogen-bond donors (Lipinski definition) is 1. The normalized spacial score (nSPS) is 17.7. The molecule has 0 atom stereocenters. The smallest absolute Gasteiger partial charge is 0.328 e. The molecule has 0 bridgehead atoms. The molecule has 1 aromatic carbocycles. The molecule has 1 N–H and O–H groups in total. The minimum atomic E-state index is -0.901. The first kappa shape index (κ1) is 9.77. The molecule has 3 heteroatoms. The van der Waals surface area contributed by atoms with Crippen LogP contribution in [0.1, 0.15) is 18.4 Å². The number of hydrogen-bond acceptors (Lipinski definition) is 2. The van der Waals surface area contributed by atoms with Gasteiger partial charge in [0.05, 0.1) is 6.61 Å². The molecule has 1 heterocycles. The van der Waals surface area contributed by atoms with Crippen molar-refractivity contribution in [2.45, 2.75) is 12.8 Å². The van der Waals surface area contributed by atoms with E-state index < -0.39 is 5.97 Å². The molecule has 1 aromatic rings. The van der Waals surface area contributed by atoms with Crippen molar-refractivity contribution in [3.8, 4) is 5.75 Å². The summed E-state index contributed by atoms with van der Waals surface area (Å²) in [6.07, 6.45) is 2.88. The highest BCUT2D eigenvalue weighted by Crippen LogP contribution is 2.31. The number of para-hydroxylation sites is 1. The first-order valence-corrected chi connectivity index (χ1v) is 4.93. The number of aliphatic carboxylic acids is 1. The summed E-state index contributed by atoms with van der Waals surface area (Å²) in [6.45, 7) is 0.647. The van der Waals surface area contributed by atoms with Crippen LogP contribution in [0.3, 0.4) is 0 Å². The standard InChI is InChI=1S/C12H12O3/c13-12(14)8-9-4-3-7-15-11-6-2-1-5-10(9)11/h1-2,5-6,8H,3-4,7H2,(H,13,14)/b9-8+. The zero-order valence-electron chi connectivity index (χ0n) is 8.27. The fourth-order valence-corrected chi connectivity index (χ4v) is 1.74. The number of ether oxygens (including phenoxy) is 1. The van der Waals surface area contributed by atoms with Gasteiger partial charge in [0.2, 0.25) is 0 Å². The summed E-state index contributed by atoms with van der Waals surface area (Å²) in [4.78, 5) is 10.7. The molecule has 3 nitrogen and oxygen atoms in total. The van der Waals surface area contributed by atoms with Crippen LogP contribution in [0.4, 0.5) is 0 Å². The molecule has 78 valence electrons. The summed E-state index contributed by atoms with van der Waals surface area (Å²) in [6, 6.07) is 7.55. The molecule has 0 aromatic heterocycles. The summed E-state index contributed by atoms with van der Waals surface area (Å²) in [5, 5.41) is 8.77. The Balaban J connectivity index is 2.46. The summed E-state index contributed by atoms with van der Waals surface area (Å²) in [5.74, 6) is -0.121. The van der Waals surface area contributed by atoms with Crippen molar-refractivity contribution in [2.24, 2.45) is 0 Å². The molecule has 0 saturated carbocycles. The lowest BCUT2D eigenvalue weighted by atomic mass is 10.0. The van der Waals surface area contributed by atoms with Gasteiger partial charge in [0.15, 0.2) is 0 Å². The molecule has 0 radical (unpaired) electrons. The third-order valence-electron chi connectivity index (χ3n) is 2.38. The summed E-state index contributed by atoms with van der Waals surface area (Å²) in [5.41, 5.74) is 1.74. The Bertz CT molecular complexity index is 407. The second-order valence-corrected chi connectivity index (χ2v) is 3.46. The van der Waals surface area contributed by atoms with Gasteiger partial charge in [-0.15, -0.1) is 0 Å². The Morgan fingerprint density at radius 1 is 1.40 bits per heavy atom. The third kappa shape index (κ3) is 2.18. The zero-order chi connectivity index (χ0) is 10.7. The number of carboxylic acids is 1. The van der Waals surface area contributed by atoms with E-state index in [2.05, 4.69) is 0 Å². The summed E-state index contributed by atoms with van der Waals surface area (Å²) in [7, 11) is 0. The molecular weight excluding hydrogens is 192 g/mol. The maximum Gasteiger partial charge on any atom is 0.328 e. The quantitative estimate of drug-likeness (QED) is 0.714. The van der Waals surface area contributed by atoms with Crippen LogP contribution in [0.15, 0.2) is 30.3 Å². The third-order valence-corrected chi connectivity index (χ3v) is 2.38. The lowest BCUT2D eigenvalue weighted by Crippen LogP contribution is -1.93. The highest BCUT2D eigenvalue weighted by molar-refractivity contribution is 5.91. The van der Waals surface area contributed by atoms with Crippen molar-refractivity contribution < 1.29 is 14.6 Å². The first-order valence-electron chi connectivity index (χ1n) is 4.93. The SMILES string of the molecule is O=C(O)/C=C1\CCCOc2ccccc21. The van der Waals surface area contributed by atoms with E-state index in [4.69, 9.17) is 9.84 Å². The minimum Gasteiger partial charge on any atom is -0.493 e. The maximum atomic E-state index is 10.7. The monoisotopic (exact) mass is 204 g/mol. The van der Waals surface area contributed by atoms with Crippen LogP contribution in [-0.2, 0) is 4.79 Å². The Hall–Kier alpha value is -1.77. The van der Waals surface area contributed by atoms with Crippen molar-refractivity contribution in [1.29, 1.82) is 0 Å². The number of allylic oxidation sites excluding steroid dienone is 1. The zero-order valence-corrected chi connectivity index (χ0v) is 8.27. The molecule has 0 amide bonds. The Morgan fingerprint density at radius 2 is 2.20 bits per heavy atom. The molecule has 0 unspecified atom stereocenters. The molecule has 1 aliphatic rings. The van der Waals surface area contributed by atoms with Crippen molar-refractivity contribution >= 4 is 11.5 Å². The number of carbonyl (C=O) groups is 1. The minimum absolute atomic E-state index is 0.647. The van der Waals surface area contributed by atoms with Gasteiger partial charge in [0.25, 0.3) is 0 Å². The molecule has 0 aliphatic carbocycles. The predicted molar refractivity (Wildman–Crippen MR) is 56.8 cm³/mol. The summed E-state index contributed by atoms with van der Waals surface area (Å²) < 4.78 is 5.53. The van der Waals surface area contributed by atoms with Crippen LogP contribution >= 0.6 is 0 Å². The number of rotatable bonds is 1. The van der Waals surface area contributed by atoms with Crippen molar-refractivity contribution in [2.75, 3.05) is 6.61 Å². The van der Waals surface area contributed by atoms with Crippen molar-refractivity contribution in [1.82, 2.24) is 0 Å². The average Bonchev–Trinajstić information content (AvgIpc) is 2.41. The van der Waals surface area contributed by atoms with E-state index in [9.17, 15) is 4.79 Å². The summed E-state index contributed by atoms with van der Waals surface area (Å²) >= 11 is 0. The van der Waals surface area contributed by atoms with Crippen molar-refractivity contribution in [3.05, 3.63) is 35.9 Å². The van der Waals surface area contributed by atoms with Gasteiger partial charge >= 0.3 is 5.97 Å². The van der Waals surface area contributed by atoms with Gasteiger partial charge in [-0.25, -0.2) is 4.79 Å². The van der Waals surface area contributed by atoms with Crippen LogP contribution in [0.5, 0.6) is 5.75 Å².